The number of nitrogens with zero attached hydrogens (tertiary/aromatic N) is 3. The maximum absolute atomic E-state index is 12.9. The van der Waals surface area contributed by atoms with Gasteiger partial charge in [-0.05, 0) is 61.7 Å². The molecule has 1 N–H and O–H groups in total. The fourth-order valence-corrected chi connectivity index (χ4v) is 3.66. The first-order chi connectivity index (χ1) is 14.3. The van der Waals surface area contributed by atoms with Gasteiger partial charge in [0, 0.05) is 36.9 Å². The summed E-state index contributed by atoms with van der Waals surface area (Å²) in [6, 6.07) is 10.3. The van der Waals surface area contributed by atoms with Crippen LogP contribution in [-0.2, 0) is 9.59 Å². The second-order valence-electron chi connectivity index (χ2n) is 7.56. The number of rotatable bonds is 5. The van der Waals surface area contributed by atoms with Crippen molar-refractivity contribution in [1.29, 1.82) is 0 Å². The molecule has 1 saturated heterocycles. The minimum absolute atomic E-state index is 0.0733. The summed E-state index contributed by atoms with van der Waals surface area (Å²) in [6.45, 7) is 2.78. The maximum Gasteiger partial charge on any atom is 0.253 e. The first kappa shape index (κ1) is 21.8. The third-order valence-electron chi connectivity index (χ3n) is 5.09. The van der Waals surface area contributed by atoms with Crippen molar-refractivity contribution in [1.82, 2.24) is 14.8 Å². The van der Waals surface area contributed by atoms with Gasteiger partial charge in [-0.25, -0.2) is 4.98 Å². The van der Waals surface area contributed by atoms with Crippen LogP contribution in [-0.4, -0.2) is 59.2 Å². The van der Waals surface area contributed by atoms with E-state index in [2.05, 4.69) is 10.3 Å². The number of pyridine rings is 1. The molecule has 1 aromatic carbocycles. The van der Waals surface area contributed by atoms with E-state index in [-0.39, 0.29) is 30.2 Å². The Hall–Kier alpha value is -2.93. The van der Waals surface area contributed by atoms with Gasteiger partial charge in [0.1, 0.15) is 5.82 Å². The van der Waals surface area contributed by atoms with Crippen molar-refractivity contribution in [2.24, 2.45) is 5.92 Å². The van der Waals surface area contributed by atoms with Crippen LogP contribution in [0.25, 0.3) is 0 Å². The molecule has 2 heterocycles. The van der Waals surface area contributed by atoms with Crippen LogP contribution < -0.4 is 5.32 Å². The molecule has 1 unspecified atom stereocenters. The fourth-order valence-electron chi connectivity index (χ4n) is 3.53. The standard InChI is InChI=1S/C22H25ClN4O3/c1-15-9-10-24-19(12-15)25-20(28)14-26(2)21(29)17-4-3-11-27(13-17)22(30)16-5-7-18(23)8-6-16/h5-10,12,17H,3-4,11,13-14H2,1-2H3,(H,24,25,28). The number of halogens is 1. The topological polar surface area (TPSA) is 82.6 Å². The van der Waals surface area contributed by atoms with Crippen molar-refractivity contribution in [3.8, 4) is 0 Å². The Labute approximate surface area is 181 Å². The van der Waals surface area contributed by atoms with Crippen LogP contribution >= 0.6 is 11.6 Å². The van der Waals surface area contributed by atoms with E-state index in [1.54, 1.807) is 48.5 Å². The van der Waals surface area contributed by atoms with Crippen LogP contribution in [0.2, 0.25) is 5.02 Å². The molecule has 1 fully saturated rings. The average molecular weight is 429 g/mol. The number of piperidine rings is 1. The smallest absolute Gasteiger partial charge is 0.253 e. The van der Waals surface area contributed by atoms with E-state index < -0.39 is 0 Å². The Morgan fingerprint density at radius 2 is 1.97 bits per heavy atom. The van der Waals surface area contributed by atoms with Crippen LogP contribution in [0.5, 0.6) is 0 Å². The number of amides is 3. The minimum atomic E-state index is -0.329. The number of aromatic nitrogens is 1. The SMILES string of the molecule is Cc1ccnc(NC(=O)CN(C)C(=O)C2CCCN(C(=O)c3ccc(Cl)cc3)C2)c1. The van der Waals surface area contributed by atoms with Crippen LogP contribution in [0.15, 0.2) is 42.6 Å². The van der Waals surface area contributed by atoms with E-state index in [1.165, 1.54) is 4.90 Å². The molecule has 0 spiro atoms. The number of hydrogen-bond acceptors (Lipinski definition) is 4. The van der Waals surface area contributed by atoms with Gasteiger partial charge < -0.3 is 15.1 Å². The van der Waals surface area contributed by atoms with Crippen molar-refractivity contribution < 1.29 is 14.4 Å². The molecule has 3 rings (SSSR count). The molecule has 3 amide bonds. The van der Waals surface area contributed by atoms with Crippen LogP contribution in [0.4, 0.5) is 5.82 Å². The average Bonchev–Trinajstić information content (AvgIpc) is 2.73. The fraction of sp³-hybridized carbons (Fsp3) is 0.364. The molecule has 1 aliphatic rings. The molecule has 30 heavy (non-hydrogen) atoms. The third kappa shape index (κ3) is 5.57. The highest BCUT2D eigenvalue weighted by Crippen LogP contribution is 2.21. The molecule has 1 atom stereocenters. The first-order valence-corrected chi connectivity index (χ1v) is 10.2. The second kappa shape index (κ2) is 9.71. The summed E-state index contributed by atoms with van der Waals surface area (Å²) in [7, 11) is 1.60. The van der Waals surface area contributed by atoms with Gasteiger partial charge in [0.2, 0.25) is 11.8 Å². The molecule has 158 valence electrons. The van der Waals surface area contributed by atoms with Gasteiger partial charge in [0.15, 0.2) is 0 Å². The number of carbonyl (C=O) groups excluding carboxylic acids is 3. The minimum Gasteiger partial charge on any atom is -0.338 e. The van der Waals surface area contributed by atoms with Crippen molar-refractivity contribution in [2.75, 3.05) is 32.0 Å². The molecule has 2 aromatic rings. The van der Waals surface area contributed by atoms with Crippen LogP contribution in [0.1, 0.15) is 28.8 Å². The molecule has 0 aliphatic carbocycles. The summed E-state index contributed by atoms with van der Waals surface area (Å²) in [5.41, 5.74) is 1.53. The zero-order valence-electron chi connectivity index (χ0n) is 17.1. The van der Waals surface area contributed by atoms with E-state index in [0.29, 0.717) is 35.9 Å². The van der Waals surface area contributed by atoms with Crippen molar-refractivity contribution in [3.63, 3.8) is 0 Å². The number of carbonyl (C=O) groups is 3. The number of anilines is 1. The van der Waals surface area contributed by atoms with Gasteiger partial charge in [0.25, 0.3) is 5.91 Å². The van der Waals surface area contributed by atoms with Gasteiger partial charge in [-0.2, -0.15) is 0 Å². The molecule has 7 nitrogen and oxygen atoms in total. The van der Waals surface area contributed by atoms with E-state index >= 15 is 0 Å². The molecular weight excluding hydrogens is 404 g/mol. The second-order valence-corrected chi connectivity index (χ2v) is 7.99. The van der Waals surface area contributed by atoms with Gasteiger partial charge in [-0.3, -0.25) is 14.4 Å². The molecule has 1 aromatic heterocycles. The summed E-state index contributed by atoms with van der Waals surface area (Å²) >= 11 is 5.89. The Morgan fingerprint density at radius 1 is 1.23 bits per heavy atom. The highest BCUT2D eigenvalue weighted by Gasteiger charge is 2.31. The summed E-state index contributed by atoms with van der Waals surface area (Å²) in [6.07, 6.45) is 3.05. The quantitative estimate of drug-likeness (QED) is 0.793. The lowest BCUT2D eigenvalue weighted by atomic mass is 9.96. The third-order valence-corrected chi connectivity index (χ3v) is 5.34. The number of likely N-dealkylation sites (N-methyl/N-ethyl adjacent to an activating group) is 1. The zero-order chi connectivity index (χ0) is 21.7. The Morgan fingerprint density at radius 3 is 2.67 bits per heavy atom. The van der Waals surface area contributed by atoms with Crippen LogP contribution in [0, 0.1) is 12.8 Å². The first-order valence-electron chi connectivity index (χ1n) is 9.86. The molecule has 0 bridgehead atoms. The summed E-state index contributed by atoms with van der Waals surface area (Å²) in [4.78, 5) is 45.1. The summed E-state index contributed by atoms with van der Waals surface area (Å²) in [5.74, 6) is -0.442. The lowest BCUT2D eigenvalue weighted by Crippen LogP contribution is -2.47. The van der Waals surface area contributed by atoms with Crippen molar-refractivity contribution >= 4 is 35.1 Å². The number of hydrogen-bond donors (Lipinski definition) is 1. The van der Waals surface area contributed by atoms with Gasteiger partial charge in [-0.1, -0.05) is 11.6 Å². The number of nitrogens with one attached hydrogen (secondary N) is 1. The highest BCUT2D eigenvalue weighted by atomic mass is 35.5. The van der Waals surface area contributed by atoms with Gasteiger partial charge >= 0.3 is 0 Å². The number of benzene rings is 1. The maximum atomic E-state index is 12.9. The van der Waals surface area contributed by atoms with E-state index in [1.807, 2.05) is 13.0 Å². The molecule has 0 saturated carbocycles. The normalized spacial score (nSPS) is 16.1. The van der Waals surface area contributed by atoms with E-state index in [4.69, 9.17) is 11.6 Å². The van der Waals surface area contributed by atoms with Crippen molar-refractivity contribution in [3.05, 3.63) is 58.7 Å². The summed E-state index contributed by atoms with van der Waals surface area (Å²) < 4.78 is 0. The molecule has 0 radical (unpaired) electrons. The number of aryl methyl sites for hydroxylation is 1. The predicted molar refractivity (Wildman–Crippen MR) is 115 cm³/mol. The molecule has 1 aliphatic heterocycles. The molecule has 8 heteroatoms. The van der Waals surface area contributed by atoms with E-state index in [9.17, 15) is 14.4 Å². The number of likely N-dealkylation sites (tertiary alicyclic amines) is 1. The van der Waals surface area contributed by atoms with Gasteiger partial charge in [-0.15, -0.1) is 0 Å². The predicted octanol–water partition coefficient (Wildman–Crippen LogP) is 2.99. The lowest BCUT2D eigenvalue weighted by molar-refractivity contribution is -0.138. The van der Waals surface area contributed by atoms with Crippen LogP contribution in [0.3, 0.4) is 0 Å². The zero-order valence-corrected chi connectivity index (χ0v) is 17.9. The lowest BCUT2D eigenvalue weighted by Gasteiger charge is -2.34. The highest BCUT2D eigenvalue weighted by molar-refractivity contribution is 6.30. The largest absolute Gasteiger partial charge is 0.338 e. The monoisotopic (exact) mass is 428 g/mol. The summed E-state index contributed by atoms with van der Waals surface area (Å²) in [5, 5.41) is 3.27. The Kier molecular flexibility index (Phi) is 7.05. The molecular formula is C22H25ClN4O3. The van der Waals surface area contributed by atoms with E-state index in [0.717, 1.165) is 12.0 Å². The Bertz CT molecular complexity index is 932. The van der Waals surface area contributed by atoms with Crippen molar-refractivity contribution in [2.45, 2.75) is 19.8 Å². The van der Waals surface area contributed by atoms with Gasteiger partial charge in [0.05, 0.1) is 12.5 Å². The Balaban J connectivity index is 1.56.